The molecule has 2 aromatic heterocycles. The zero-order valence-electron chi connectivity index (χ0n) is 10.1. The number of tetrazole rings is 1. The first-order valence-electron chi connectivity index (χ1n) is 5.44. The van der Waals surface area contributed by atoms with Crippen molar-refractivity contribution in [2.24, 2.45) is 7.05 Å². The van der Waals surface area contributed by atoms with Crippen molar-refractivity contribution in [3.05, 3.63) is 24.0 Å². The van der Waals surface area contributed by atoms with Crippen LogP contribution in [-0.2, 0) is 7.05 Å². The van der Waals surface area contributed by atoms with Crippen molar-refractivity contribution in [2.45, 2.75) is 6.92 Å². The maximum absolute atomic E-state index is 11.8. The Kier molecular flexibility index (Phi) is 3.46. The Hall–Kier alpha value is -2.51. The van der Waals surface area contributed by atoms with Crippen molar-refractivity contribution < 1.29 is 4.79 Å². The van der Waals surface area contributed by atoms with Gasteiger partial charge in [0.05, 0.1) is 18.9 Å². The molecule has 2 rings (SSSR count). The van der Waals surface area contributed by atoms with Gasteiger partial charge in [-0.25, -0.2) is 4.98 Å². The van der Waals surface area contributed by atoms with Gasteiger partial charge < -0.3 is 5.32 Å². The van der Waals surface area contributed by atoms with Crippen LogP contribution in [-0.4, -0.2) is 37.6 Å². The molecular weight excluding hydrogens is 234 g/mol. The van der Waals surface area contributed by atoms with Gasteiger partial charge in [0, 0.05) is 6.54 Å². The fraction of sp³-hybridized carbons (Fsp3) is 0.300. The first kappa shape index (κ1) is 12.0. The lowest BCUT2D eigenvalue weighted by atomic mass is 10.3. The summed E-state index contributed by atoms with van der Waals surface area (Å²) in [6.07, 6.45) is 1.60. The number of pyridine rings is 1. The molecule has 0 aliphatic rings. The minimum absolute atomic E-state index is 0.153. The van der Waals surface area contributed by atoms with Gasteiger partial charge in [-0.3, -0.25) is 10.1 Å². The highest BCUT2D eigenvalue weighted by molar-refractivity contribution is 6.01. The zero-order valence-corrected chi connectivity index (χ0v) is 10.1. The lowest BCUT2D eigenvalue weighted by molar-refractivity contribution is 0.102. The molecule has 0 fully saturated rings. The number of rotatable bonds is 4. The molecule has 0 unspecified atom stereocenters. The molecular formula is C10H13N7O. The van der Waals surface area contributed by atoms with Gasteiger partial charge in [0.1, 0.15) is 5.69 Å². The van der Waals surface area contributed by atoms with E-state index in [-0.39, 0.29) is 11.9 Å². The molecule has 0 aromatic carbocycles. The summed E-state index contributed by atoms with van der Waals surface area (Å²) in [6, 6.07) is 3.42. The van der Waals surface area contributed by atoms with E-state index >= 15 is 0 Å². The van der Waals surface area contributed by atoms with E-state index in [4.69, 9.17) is 0 Å². The molecule has 8 nitrogen and oxygen atoms in total. The van der Waals surface area contributed by atoms with Gasteiger partial charge in [-0.2, -0.15) is 4.80 Å². The molecule has 94 valence electrons. The van der Waals surface area contributed by atoms with Gasteiger partial charge in [0.15, 0.2) is 0 Å². The number of hydrogen-bond acceptors (Lipinski definition) is 6. The summed E-state index contributed by atoms with van der Waals surface area (Å²) in [4.78, 5) is 17.1. The van der Waals surface area contributed by atoms with Crippen LogP contribution in [0.3, 0.4) is 0 Å². The summed E-state index contributed by atoms with van der Waals surface area (Å²) in [6.45, 7) is 2.79. The topological polar surface area (TPSA) is 97.6 Å². The minimum Gasteiger partial charge on any atom is -0.384 e. The van der Waals surface area contributed by atoms with Crippen LogP contribution in [0.5, 0.6) is 0 Å². The van der Waals surface area contributed by atoms with Crippen LogP contribution in [0.1, 0.15) is 17.4 Å². The van der Waals surface area contributed by atoms with E-state index in [9.17, 15) is 4.79 Å². The summed E-state index contributed by atoms with van der Waals surface area (Å²) in [5.41, 5.74) is 1.16. The van der Waals surface area contributed by atoms with E-state index in [1.165, 1.54) is 4.80 Å². The Balaban J connectivity index is 2.04. The van der Waals surface area contributed by atoms with Gasteiger partial charge >= 0.3 is 0 Å². The van der Waals surface area contributed by atoms with E-state index in [0.717, 1.165) is 12.2 Å². The van der Waals surface area contributed by atoms with E-state index in [2.05, 4.69) is 31.0 Å². The number of nitrogens with zero attached hydrogens (tertiary/aromatic N) is 5. The van der Waals surface area contributed by atoms with E-state index in [1.807, 2.05) is 6.92 Å². The Morgan fingerprint density at radius 1 is 1.44 bits per heavy atom. The Labute approximate surface area is 103 Å². The summed E-state index contributed by atoms with van der Waals surface area (Å²) in [5.74, 6) is -0.217. The Morgan fingerprint density at radius 3 is 2.83 bits per heavy atom. The van der Waals surface area contributed by atoms with Crippen LogP contribution in [0.15, 0.2) is 18.3 Å². The fourth-order valence-electron chi connectivity index (χ4n) is 1.34. The molecule has 0 radical (unpaired) electrons. The first-order valence-corrected chi connectivity index (χ1v) is 5.44. The SMILES string of the molecule is CCNc1ccc(C(=O)Nc2nnn(C)n2)nc1. The highest BCUT2D eigenvalue weighted by atomic mass is 16.2. The molecule has 1 amide bonds. The Bertz CT molecular complexity index is 533. The first-order chi connectivity index (χ1) is 8.69. The van der Waals surface area contributed by atoms with E-state index in [0.29, 0.717) is 5.69 Å². The van der Waals surface area contributed by atoms with Crippen molar-refractivity contribution in [1.82, 2.24) is 25.2 Å². The smallest absolute Gasteiger partial charge is 0.276 e. The fourth-order valence-corrected chi connectivity index (χ4v) is 1.34. The Morgan fingerprint density at radius 2 is 2.28 bits per heavy atom. The van der Waals surface area contributed by atoms with Crippen LogP contribution in [0, 0.1) is 0 Å². The molecule has 8 heteroatoms. The van der Waals surface area contributed by atoms with Gasteiger partial charge in [-0.1, -0.05) is 5.10 Å². The van der Waals surface area contributed by atoms with Crippen LogP contribution >= 0.6 is 0 Å². The standard InChI is InChI=1S/C10H13N7O/c1-3-11-7-4-5-8(12-6-7)9(18)13-10-14-16-17(2)15-10/h4-6,11H,3H2,1-2H3,(H,13,15,18). The third-order valence-electron chi connectivity index (χ3n) is 2.11. The minimum atomic E-state index is -0.369. The second kappa shape index (κ2) is 5.21. The van der Waals surface area contributed by atoms with Crippen molar-refractivity contribution in [3.8, 4) is 0 Å². The molecule has 0 atom stereocenters. The second-order valence-corrected chi connectivity index (χ2v) is 3.52. The van der Waals surface area contributed by atoms with Crippen LogP contribution < -0.4 is 10.6 Å². The van der Waals surface area contributed by atoms with Crippen LogP contribution in [0.4, 0.5) is 11.6 Å². The van der Waals surface area contributed by atoms with Crippen LogP contribution in [0.25, 0.3) is 0 Å². The monoisotopic (exact) mass is 247 g/mol. The van der Waals surface area contributed by atoms with Gasteiger partial charge in [0.25, 0.3) is 11.9 Å². The average molecular weight is 247 g/mol. The maximum Gasteiger partial charge on any atom is 0.276 e. The van der Waals surface area contributed by atoms with Crippen molar-refractivity contribution >= 4 is 17.5 Å². The molecule has 2 N–H and O–H groups in total. The molecule has 0 bridgehead atoms. The summed E-state index contributed by atoms with van der Waals surface area (Å²) >= 11 is 0. The molecule has 2 aromatic rings. The normalized spacial score (nSPS) is 10.1. The maximum atomic E-state index is 11.8. The number of aromatic nitrogens is 5. The van der Waals surface area contributed by atoms with E-state index in [1.54, 1.807) is 25.4 Å². The number of nitrogens with one attached hydrogen (secondary N) is 2. The van der Waals surface area contributed by atoms with Crippen LogP contribution in [0.2, 0.25) is 0 Å². The summed E-state index contributed by atoms with van der Waals surface area (Å²) in [5, 5.41) is 16.7. The van der Waals surface area contributed by atoms with Gasteiger partial charge in [-0.05, 0) is 24.3 Å². The number of hydrogen-bond donors (Lipinski definition) is 2. The lowest BCUT2D eigenvalue weighted by Gasteiger charge is -2.03. The van der Waals surface area contributed by atoms with Crippen molar-refractivity contribution in [1.29, 1.82) is 0 Å². The van der Waals surface area contributed by atoms with Crippen molar-refractivity contribution in [2.75, 3.05) is 17.2 Å². The second-order valence-electron chi connectivity index (χ2n) is 3.52. The predicted molar refractivity (Wildman–Crippen MR) is 65.2 cm³/mol. The number of carbonyl (C=O) groups excluding carboxylic acids is 1. The third-order valence-corrected chi connectivity index (χ3v) is 2.11. The predicted octanol–water partition coefficient (Wildman–Crippen LogP) is 0.289. The number of aryl methyl sites for hydroxylation is 1. The number of carbonyl (C=O) groups is 1. The highest BCUT2D eigenvalue weighted by Gasteiger charge is 2.10. The number of amides is 1. The van der Waals surface area contributed by atoms with Gasteiger partial charge in [0.2, 0.25) is 0 Å². The molecule has 0 aliphatic heterocycles. The summed E-state index contributed by atoms with van der Waals surface area (Å²) in [7, 11) is 1.62. The average Bonchev–Trinajstić information content (AvgIpc) is 2.76. The number of anilines is 2. The molecule has 0 saturated carbocycles. The van der Waals surface area contributed by atoms with E-state index < -0.39 is 0 Å². The third kappa shape index (κ3) is 2.78. The molecule has 2 heterocycles. The molecule has 0 spiro atoms. The highest BCUT2D eigenvalue weighted by Crippen LogP contribution is 2.06. The molecule has 0 saturated heterocycles. The summed E-state index contributed by atoms with van der Waals surface area (Å²) < 4.78 is 0. The molecule has 0 aliphatic carbocycles. The van der Waals surface area contributed by atoms with Gasteiger partial charge in [-0.15, -0.1) is 5.10 Å². The zero-order chi connectivity index (χ0) is 13.0. The quantitative estimate of drug-likeness (QED) is 0.805. The van der Waals surface area contributed by atoms with Crippen molar-refractivity contribution in [3.63, 3.8) is 0 Å². The lowest BCUT2D eigenvalue weighted by Crippen LogP contribution is -2.15. The molecule has 18 heavy (non-hydrogen) atoms. The largest absolute Gasteiger partial charge is 0.384 e.